The number of likely N-dealkylation sites (N-methyl/N-ethyl adjacent to an activating group) is 1. The van der Waals surface area contributed by atoms with E-state index in [0.717, 1.165) is 30.2 Å². The molecule has 0 spiro atoms. The van der Waals surface area contributed by atoms with Gasteiger partial charge in [0.05, 0.1) is 12.0 Å². The molecule has 0 saturated carbocycles. The third kappa shape index (κ3) is 4.25. The minimum Gasteiger partial charge on any atom is -0.343 e. The van der Waals surface area contributed by atoms with E-state index in [9.17, 15) is 4.79 Å². The van der Waals surface area contributed by atoms with Crippen molar-refractivity contribution in [1.82, 2.24) is 9.80 Å². The maximum absolute atomic E-state index is 13.0. The number of carbonyl (C=O) groups excluding carboxylic acids is 1. The Bertz CT molecular complexity index is 522. The number of hydrogen-bond acceptors (Lipinski definition) is 4. The molecule has 0 aliphatic carbocycles. The molecule has 2 atom stereocenters. The summed E-state index contributed by atoms with van der Waals surface area (Å²) in [5, 5.41) is 8.97. The van der Waals surface area contributed by atoms with Crippen LogP contribution in [0.25, 0.3) is 0 Å². The van der Waals surface area contributed by atoms with Crippen LogP contribution < -0.4 is 0 Å². The zero-order valence-corrected chi connectivity index (χ0v) is 14.1. The highest BCUT2D eigenvalue weighted by Gasteiger charge is 2.31. The van der Waals surface area contributed by atoms with E-state index >= 15 is 0 Å². The molecule has 5 heteroatoms. The lowest BCUT2D eigenvalue weighted by atomic mass is 10.0. The van der Waals surface area contributed by atoms with Crippen molar-refractivity contribution >= 4 is 17.7 Å². The minimum absolute atomic E-state index is 0.0835. The van der Waals surface area contributed by atoms with E-state index in [2.05, 4.69) is 11.0 Å². The lowest BCUT2D eigenvalue weighted by Gasteiger charge is -2.36. The normalized spacial score (nSPS) is 18.2. The quantitative estimate of drug-likeness (QED) is 0.836. The van der Waals surface area contributed by atoms with Crippen molar-refractivity contribution in [2.45, 2.75) is 13.0 Å². The Morgan fingerprint density at radius 3 is 2.59 bits per heavy atom. The summed E-state index contributed by atoms with van der Waals surface area (Å²) in [6, 6.07) is 11.9. The Morgan fingerprint density at radius 1 is 1.36 bits per heavy atom. The van der Waals surface area contributed by atoms with Gasteiger partial charge in [0.15, 0.2) is 0 Å². The van der Waals surface area contributed by atoms with E-state index in [1.807, 2.05) is 49.0 Å². The summed E-state index contributed by atoms with van der Waals surface area (Å²) in [5.74, 6) is 2.06. The summed E-state index contributed by atoms with van der Waals surface area (Å²) < 4.78 is 0. The number of amides is 1. The van der Waals surface area contributed by atoms with Crippen molar-refractivity contribution in [1.29, 1.82) is 5.26 Å². The van der Waals surface area contributed by atoms with Gasteiger partial charge in [0.2, 0.25) is 5.91 Å². The van der Waals surface area contributed by atoms with Crippen LogP contribution in [0.2, 0.25) is 0 Å². The Morgan fingerprint density at radius 2 is 2.00 bits per heavy atom. The molecule has 4 nitrogen and oxygen atoms in total. The van der Waals surface area contributed by atoms with Crippen LogP contribution in [0.3, 0.4) is 0 Å². The number of thioether (sulfide) groups is 1. The van der Waals surface area contributed by atoms with Crippen molar-refractivity contribution in [3.63, 3.8) is 0 Å². The van der Waals surface area contributed by atoms with E-state index in [1.54, 1.807) is 11.9 Å². The molecule has 1 heterocycles. The fraction of sp³-hybridized carbons (Fsp3) is 0.529. The van der Waals surface area contributed by atoms with Crippen molar-refractivity contribution in [2.75, 3.05) is 38.2 Å². The van der Waals surface area contributed by atoms with E-state index in [4.69, 9.17) is 5.26 Å². The number of carbonyl (C=O) groups is 1. The minimum atomic E-state index is -0.238. The van der Waals surface area contributed by atoms with Crippen LogP contribution >= 0.6 is 11.8 Å². The van der Waals surface area contributed by atoms with Gasteiger partial charge in [0, 0.05) is 38.2 Å². The van der Waals surface area contributed by atoms with Gasteiger partial charge >= 0.3 is 0 Å². The predicted molar refractivity (Wildman–Crippen MR) is 90.5 cm³/mol. The van der Waals surface area contributed by atoms with Gasteiger partial charge in [-0.3, -0.25) is 9.69 Å². The van der Waals surface area contributed by atoms with Gasteiger partial charge in [0.1, 0.15) is 6.04 Å². The van der Waals surface area contributed by atoms with Crippen LogP contribution in [0.15, 0.2) is 30.3 Å². The number of benzene rings is 1. The SMILES string of the molecule is CC(C#N)CN(C)C(=O)C(c1ccccc1)N1CCSCC1. The second-order valence-electron chi connectivity index (χ2n) is 5.71. The summed E-state index contributed by atoms with van der Waals surface area (Å²) in [7, 11) is 1.80. The average Bonchev–Trinajstić information content (AvgIpc) is 2.56. The number of nitriles is 1. The summed E-state index contributed by atoms with van der Waals surface area (Å²) in [4.78, 5) is 16.9. The first kappa shape index (κ1) is 16.9. The van der Waals surface area contributed by atoms with Crippen molar-refractivity contribution in [2.24, 2.45) is 5.92 Å². The van der Waals surface area contributed by atoms with Crippen LogP contribution in [0.4, 0.5) is 0 Å². The van der Waals surface area contributed by atoms with Crippen LogP contribution in [-0.4, -0.2) is 53.9 Å². The number of nitrogens with zero attached hydrogens (tertiary/aromatic N) is 3. The molecule has 118 valence electrons. The maximum atomic E-state index is 13.0. The lowest BCUT2D eigenvalue weighted by molar-refractivity contribution is -0.136. The first-order valence-electron chi connectivity index (χ1n) is 7.65. The largest absolute Gasteiger partial charge is 0.343 e. The Kier molecular flexibility index (Phi) is 6.29. The standard InChI is InChI=1S/C17H23N3OS/c1-14(12-18)13-19(2)17(21)16(15-6-4-3-5-7-15)20-8-10-22-11-9-20/h3-7,14,16H,8-11,13H2,1-2H3. The van der Waals surface area contributed by atoms with E-state index in [0.29, 0.717) is 6.54 Å². The molecule has 0 radical (unpaired) electrons. The third-order valence-corrected chi connectivity index (χ3v) is 4.85. The molecule has 1 aliphatic heterocycles. The third-order valence-electron chi connectivity index (χ3n) is 3.90. The smallest absolute Gasteiger partial charge is 0.244 e. The highest BCUT2D eigenvalue weighted by molar-refractivity contribution is 7.99. The Balaban J connectivity index is 2.20. The molecule has 0 bridgehead atoms. The molecule has 0 aromatic heterocycles. The van der Waals surface area contributed by atoms with Crippen LogP contribution in [0, 0.1) is 17.2 Å². The molecular formula is C17H23N3OS. The van der Waals surface area contributed by atoms with Crippen LogP contribution in [-0.2, 0) is 4.79 Å². The number of hydrogen-bond donors (Lipinski definition) is 0. The summed E-state index contributed by atoms with van der Waals surface area (Å²) in [6.45, 7) is 4.18. The van der Waals surface area contributed by atoms with Gasteiger partial charge in [-0.15, -0.1) is 0 Å². The van der Waals surface area contributed by atoms with Gasteiger partial charge in [0.25, 0.3) is 0 Å². The topological polar surface area (TPSA) is 47.3 Å². The molecule has 2 unspecified atom stereocenters. The van der Waals surface area contributed by atoms with E-state index < -0.39 is 0 Å². The van der Waals surface area contributed by atoms with Gasteiger partial charge < -0.3 is 4.90 Å². The maximum Gasteiger partial charge on any atom is 0.244 e. The fourth-order valence-corrected chi connectivity index (χ4v) is 3.66. The second kappa shape index (κ2) is 8.21. The molecule has 2 rings (SSSR count). The van der Waals surface area contributed by atoms with Gasteiger partial charge in [-0.1, -0.05) is 30.3 Å². The highest BCUT2D eigenvalue weighted by Crippen LogP contribution is 2.26. The van der Waals surface area contributed by atoms with Crippen molar-refractivity contribution in [3.8, 4) is 6.07 Å². The molecule has 1 aliphatic rings. The van der Waals surface area contributed by atoms with Gasteiger partial charge in [-0.2, -0.15) is 17.0 Å². The highest BCUT2D eigenvalue weighted by atomic mass is 32.2. The van der Waals surface area contributed by atoms with E-state index in [1.165, 1.54) is 0 Å². The number of rotatable bonds is 5. The molecule has 22 heavy (non-hydrogen) atoms. The monoisotopic (exact) mass is 317 g/mol. The Hall–Kier alpha value is -1.51. The molecular weight excluding hydrogens is 294 g/mol. The molecule has 1 fully saturated rings. The predicted octanol–water partition coefficient (Wildman–Crippen LogP) is 2.39. The second-order valence-corrected chi connectivity index (χ2v) is 6.94. The van der Waals surface area contributed by atoms with Crippen LogP contribution in [0.5, 0.6) is 0 Å². The van der Waals surface area contributed by atoms with Gasteiger partial charge in [-0.05, 0) is 12.5 Å². The molecule has 0 N–H and O–H groups in total. The zero-order valence-electron chi connectivity index (χ0n) is 13.2. The Labute approximate surface area is 137 Å². The fourth-order valence-electron chi connectivity index (χ4n) is 2.73. The molecule has 1 aromatic rings. The average molecular weight is 317 g/mol. The molecule has 1 aromatic carbocycles. The molecule has 1 amide bonds. The first-order chi connectivity index (χ1) is 10.6. The summed E-state index contributed by atoms with van der Waals surface area (Å²) in [5.41, 5.74) is 1.04. The molecule has 1 saturated heterocycles. The first-order valence-corrected chi connectivity index (χ1v) is 8.80. The van der Waals surface area contributed by atoms with Crippen molar-refractivity contribution in [3.05, 3.63) is 35.9 Å². The zero-order chi connectivity index (χ0) is 15.9. The summed E-state index contributed by atoms with van der Waals surface area (Å²) >= 11 is 1.94. The van der Waals surface area contributed by atoms with Crippen LogP contribution in [0.1, 0.15) is 18.5 Å². The lowest BCUT2D eigenvalue weighted by Crippen LogP contribution is -2.45. The summed E-state index contributed by atoms with van der Waals surface area (Å²) in [6.07, 6.45) is 0. The van der Waals surface area contributed by atoms with Crippen molar-refractivity contribution < 1.29 is 4.79 Å². The van der Waals surface area contributed by atoms with Gasteiger partial charge in [-0.25, -0.2) is 0 Å². The van der Waals surface area contributed by atoms with E-state index in [-0.39, 0.29) is 17.9 Å².